The number of alkyl halides is 3. The Morgan fingerprint density at radius 1 is 1.38 bits per heavy atom. The molecule has 2 heterocycles. The van der Waals surface area contributed by atoms with Gasteiger partial charge >= 0.3 is 6.18 Å². The lowest BCUT2D eigenvalue weighted by Crippen LogP contribution is -2.15. The molecule has 0 fully saturated rings. The van der Waals surface area contributed by atoms with Crippen molar-refractivity contribution in [2.45, 2.75) is 12.6 Å². The quantitative estimate of drug-likeness (QED) is 0.640. The number of fused-ring (bicyclic) bond motifs is 1. The molecule has 1 aromatic carbocycles. The largest absolute Gasteiger partial charge is 0.418 e. The molecule has 0 spiro atoms. The van der Waals surface area contributed by atoms with Crippen LogP contribution in [0.2, 0.25) is 5.15 Å². The van der Waals surface area contributed by atoms with Crippen LogP contribution in [0.15, 0.2) is 12.3 Å². The summed E-state index contributed by atoms with van der Waals surface area (Å²) < 4.78 is 53.4. The Hall–Kier alpha value is -1.74. The minimum Gasteiger partial charge on any atom is -0.347 e. The first-order valence-corrected chi connectivity index (χ1v) is 6.36. The summed E-state index contributed by atoms with van der Waals surface area (Å²) in [7, 11) is 0. The maximum absolute atomic E-state index is 13.9. The van der Waals surface area contributed by atoms with Gasteiger partial charge in [-0.05, 0) is 6.07 Å². The zero-order valence-corrected chi connectivity index (χ0v) is 11.6. The third-order valence-electron chi connectivity index (χ3n) is 2.92. The highest BCUT2D eigenvalue weighted by molar-refractivity contribution is 7.80. The van der Waals surface area contributed by atoms with Gasteiger partial charge < -0.3 is 5.32 Å². The van der Waals surface area contributed by atoms with Crippen LogP contribution in [-0.4, -0.2) is 20.0 Å². The number of thiocarbonyl (C=S) groups is 1. The Morgan fingerprint density at radius 3 is 2.67 bits per heavy atom. The highest BCUT2D eigenvalue weighted by atomic mass is 35.5. The molecule has 0 amide bonds. The third kappa shape index (κ3) is 2.36. The second-order valence-electron chi connectivity index (χ2n) is 4.29. The van der Waals surface area contributed by atoms with Gasteiger partial charge in [-0.2, -0.15) is 18.3 Å². The second-order valence-corrected chi connectivity index (χ2v) is 5.17. The van der Waals surface area contributed by atoms with Gasteiger partial charge in [-0.3, -0.25) is 0 Å². The van der Waals surface area contributed by atoms with Gasteiger partial charge in [0.25, 0.3) is 0 Å². The highest BCUT2D eigenvalue weighted by Gasteiger charge is 2.39. The Morgan fingerprint density at radius 2 is 2.10 bits per heavy atom. The van der Waals surface area contributed by atoms with E-state index in [2.05, 4.69) is 15.5 Å². The number of rotatable bonds is 1. The van der Waals surface area contributed by atoms with Gasteiger partial charge in [-0.15, -0.1) is 9.90 Å². The molecule has 0 unspecified atom stereocenters. The smallest absolute Gasteiger partial charge is 0.347 e. The van der Waals surface area contributed by atoms with E-state index in [1.807, 2.05) is 0 Å². The summed E-state index contributed by atoms with van der Waals surface area (Å²) in [5, 5.41) is 9.81. The molecule has 10 heteroatoms. The topological polar surface area (TPSA) is 42.7 Å². The monoisotopic (exact) mass is 336 g/mol. The molecule has 1 aliphatic heterocycles. The molecule has 0 saturated heterocycles. The van der Waals surface area contributed by atoms with Gasteiger partial charge in [-0.1, -0.05) is 23.8 Å². The summed E-state index contributed by atoms with van der Waals surface area (Å²) in [6, 6.07) is 0.395. The maximum atomic E-state index is 13.9. The number of nitrogens with one attached hydrogen (secondary N) is 1. The molecular weight excluding hydrogens is 332 g/mol. The van der Waals surface area contributed by atoms with E-state index in [1.165, 1.54) is 0 Å². The van der Waals surface area contributed by atoms with Crippen LogP contribution in [0.4, 0.5) is 23.2 Å². The first-order chi connectivity index (χ1) is 9.77. The second kappa shape index (κ2) is 4.63. The van der Waals surface area contributed by atoms with Crippen molar-refractivity contribution >= 4 is 34.5 Å². The van der Waals surface area contributed by atoms with Crippen LogP contribution in [0.5, 0.6) is 0 Å². The van der Waals surface area contributed by atoms with Gasteiger partial charge in [0, 0.05) is 12.0 Å². The molecule has 4 nitrogen and oxygen atoms in total. The molecule has 21 heavy (non-hydrogen) atoms. The minimum atomic E-state index is -4.77. The fourth-order valence-corrected chi connectivity index (χ4v) is 2.50. The summed E-state index contributed by atoms with van der Waals surface area (Å²) in [6.07, 6.45) is -3.70. The first kappa shape index (κ1) is 14.2. The Labute approximate surface area is 125 Å². The normalized spacial score (nSPS) is 14.2. The summed E-state index contributed by atoms with van der Waals surface area (Å²) in [5.41, 5.74) is -1.59. The lowest BCUT2D eigenvalue weighted by atomic mass is 10.0. The summed E-state index contributed by atoms with van der Waals surface area (Å²) in [6.45, 7) is 0. The fraction of sp³-hybridized carbons (Fsp3) is 0.182. The number of aromatic nitrogens is 3. The summed E-state index contributed by atoms with van der Waals surface area (Å²) >= 11 is 10.5. The summed E-state index contributed by atoms with van der Waals surface area (Å²) in [5.74, 6) is -1.03. The van der Waals surface area contributed by atoms with Crippen LogP contribution in [0.25, 0.3) is 5.69 Å². The Kier molecular flexibility index (Phi) is 3.14. The molecule has 2 aromatic rings. The van der Waals surface area contributed by atoms with E-state index in [9.17, 15) is 17.6 Å². The van der Waals surface area contributed by atoms with Crippen LogP contribution >= 0.6 is 23.8 Å². The predicted octanol–water partition coefficient (Wildman–Crippen LogP) is 3.37. The molecular formula is C11H5ClF4N4S. The van der Waals surface area contributed by atoms with Crippen molar-refractivity contribution in [3.63, 3.8) is 0 Å². The van der Waals surface area contributed by atoms with Crippen LogP contribution in [0, 0.1) is 5.82 Å². The van der Waals surface area contributed by atoms with E-state index in [0.717, 1.165) is 11.0 Å². The lowest BCUT2D eigenvalue weighted by molar-refractivity contribution is -0.137. The van der Waals surface area contributed by atoms with Crippen molar-refractivity contribution in [2.75, 3.05) is 5.32 Å². The highest BCUT2D eigenvalue weighted by Crippen LogP contribution is 2.41. The van der Waals surface area contributed by atoms with Crippen LogP contribution in [0.1, 0.15) is 11.1 Å². The van der Waals surface area contributed by atoms with Gasteiger partial charge in [-0.25, -0.2) is 4.39 Å². The molecule has 1 N–H and O–H groups in total. The Balaban J connectivity index is 2.35. The number of benzene rings is 1. The standard InChI is InChI=1S/C11H5ClF4N4S/c12-7-3-17-20(19-7)10-4-1-8(21)18-9(4)6(13)2-5(10)11(14,15)16/h2-3H,1H2,(H,18,21). The van der Waals surface area contributed by atoms with Crippen molar-refractivity contribution in [1.82, 2.24) is 15.0 Å². The zero-order valence-electron chi connectivity index (χ0n) is 10.0. The van der Waals surface area contributed by atoms with Gasteiger partial charge in [0.05, 0.1) is 22.4 Å². The van der Waals surface area contributed by atoms with Crippen LogP contribution in [0.3, 0.4) is 0 Å². The Bertz CT molecular complexity index is 755. The molecule has 0 saturated carbocycles. The minimum absolute atomic E-state index is 0.0278. The molecule has 0 aliphatic carbocycles. The number of hydrogen-bond acceptors (Lipinski definition) is 3. The van der Waals surface area contributed by atoms with Gasteiger partial charge in [0.2, 0.25) is 0 Å². The van der Waals surface area contributed by atoms with Crippen LogP contribution in [-0.2, 0) is 12.6 Å². The number of anilines is 1. The fourth-order valence-electron chi connectivity index (χ4n) is 2.14. The van der Waals surface area contributed by atoms with E-state index < -0.39 is 17.6 Å². The van der Waals surface area contributed by atoms with Crippen molar-refractivity contribution in [1.29, 1.82) is 0 Å². The molecule has 0 bridgehead atoms. The van der Waals surface area contributed by atoms with Crippen molar-refractivity contribution in [2.24, 2.45) is 0 Å². The zero-order chi connectivity index (χ0) is 15.4. The first-order valence-electron chi connectivity index (χ1n) is 5.58. The van der Waals surface area contributed by atoms with Crippen molar-refractivity contribution < 1.29 is 17.6 Å². The predicted molar refractivity (Wildman–Crippen MR) is 71.3 cm³/mol. The SMILES string of the molecule is Fc1cc(C(F)(F)F)c(-n2ncc(Cl)n2)c2c1NC(=S)C2. The van der Waals surface area contributed by atoms with E-state index in [4.69, 9.17) is 23.8 Å². The van der Waals surface area contributed by atoms with E-state index in [-0.39, 0.29) is 33.5 Å². The molecule has 0 atom stereocenters. The van der Waals surface area contributed by atoms with Crippen molar-refractivity contribution in [3.8, 4) is 5.69 Å². The molecule has 1 aromatic heterocycles. The third-order valence-corrected chi connectivity index (χ3v) is 3.34. The lowest BCUT2D eigenvalue weighted by Gasteiger charge is -2.15. The maximum Gasteiger partial charge on any atom is 0.418 e. The summed E-state index contributed by atoms with van der Waals surface area (Å²) in [4.78, 5) is 0.960. The van der Waals surface area contributed by atoms with E-state index >= 15 is 0 Å². The number of hydrogen-bond donors (Lipinski definition) is 1. The van der Waals surface area contributed by atoms with Gasteiger partial charge in [0.15, 0.2) is 5.15 Å². The van der Waals surface area contributed by atoms with Crippen LogP contribution < -0.4 is 5.32 Å². The molecule has 0 radical (unpaired) electrons. The molecule has 1 aliphatic rings. The van der Waals surface area contributed by atoms with Crippen molar-refractivity contribution in [3.05, 3.63) is 34.4 Å². The van der Waals surface area contributed by atoms with Gasteiger partial charge in [0.1, 0.15) is 11.5 Å². The van der Waals surface area contributed by atoms with E-state index in [1.54, 1.807) is 0 Å². The number of nitrogens with zero attached hydrogens (tertiary/aromatic N) is 3. The number of halogens is 5. The van der Waals surface area contributed by atoms with E-state index in [0.29, 0.717) is 6.07 Å². The molecule has 110 valence electrons. The average molecular weight is 337 g/mol. The molecule has 3 rings (SSSR count). The average Bonchev–Trinajstić information content (AvgIpc) is 2.94.